The highest BCUT2D eigenvalue weighted by atomic mass is 32.2. The normalized spacial score (nSPS) is 22.2. The molecule has 5 nitrogen and oxygen atoms in total. The van der Waals surface area contributed by atoms with Crippen LogP contribution in [0.2, 0.25) is 0 Å². The molecule has 2 rings (SSSR count). The second-order valence-corrected chi connectivity index (χ2v) is 7.08. The summed E-state index contributed by atoms with van der Waals surface area (Å²) >= 11 is 1.38. The van der Waals surface area contributed by atoms with Gasteiger partial charge in [-0.15, -0.1) is 11.3 Å². The molecule has 0 spiro atoms. The first-order valence-electron chi connectivity index (χ1n) is 5.97. The predicted octanol–water partition coefficient (Wildman–Crippen LogP) is 1.01. The van der Waals surface area contributed by atoms with E-state index in [2.05, 4.69) is 0 Å². The maximum atomic E-state index is 12.5. The molecule has 0 radical (unpaired) electrons. The third-order valence-corrected chi connectivity index (χ3v) is 6.09. The molecular formula is C11H18N2O3S2. The van der Waals surface area contributed by atoms with Gasteiger partial charge >= 0.3 is 0 Å². The average molecular weight is 290 g/mol. The van der Waals surface area contributed by atoms with E-state index in [1.807, 2.05) is 6.92 Å². The number of nitrogens with two attached hydrogens (primary N) is 1. The zero-order valence-corrected chi connectivity index (χ0v) is 12.0. The SMILES string of the molecule is CCC1CN(S(=O)(=O)c2ccsc2CN)CCO1. The molecule has 2 heterocycles. The van der Waals surface area contributed by atoms with Gasteiger partial charge in [-0.2, -0.15) is 4.31 Å². The van der Waals surface area contributed by atoms with E-state index < -0.39 is 10.0 Å². The van der Waals surface area contributed by atoms with Gasteiger partial charge in [-0.25, -0.2) is 8.42 Å². The molecule has 1 aliphatic rings. The monoisotopic (exact) mass is 290 g/mol. The molecule has 1 saturated heterocycles. The smallest absolute Gasteiger partial charge is 0.244 e. The van der Waals surface area contributed by atoms with Crippen LogP contribution in [0.5, 0.6) is 0 Å². The molecule has 2 N–H and O–H groups in total. The van der Waals surface area contributed by atoms with Crippen molar-refractivity contribution in [1.82, 2.24) is 4.31 Å². The summed E-state index contributed by atoms with van der Waals surface area (Å²) in [5, 5.41) is 1.77. The summed E-state index contributed by atoms with van der Waals surface area (Å²) in [6.45, 7) is 3.56. The first-order chi connectivity index (χ1) is 8.59. The lowest BCUT2D eigenvalue weighted by Gasteiger charge is -2.31. The molecule has 0 aromatic carbocycles. The second-order valence-electron chi connectivity index (χ2n) is 4.18. The number of thiophene rings is 1. The highest BCUT2D eigenvalue weighted by Gasteiger charge is 2.31. The first kappa shape index (κ1) is 14.0. The fourth-order valence-electron chi connectivity index (χ4n) is 2.00. The Morgan fingerprint density at radius 2 is 2.39 bits per heavy atom. The maximum absolute atomic E-state index is 12.5. The summed E-state index contributed by atoms with van der Waals surface area (Å²) in [6.07, 6.45) is 0.813. The fraction of sp³-hybridized carbons (Fsp3) is 0.636. The third-order valence-electron chi connectivity index (χ3n) is 3.06. The number of morpholine rings is 1. The number of ether oxygens (including phenoxy) is 1. The van der Waals surface area contributed by atoms with Gasteiger partial charge in [0.05, 0.1) is 17.6 Å². The van der Waals surface area contributed by atoms with E-state index in [0.29, 0.717) is 24.6 Å². The van der Waals surface area contributed by atoms with Crippen molar-refractivity contribution < 1.29 is 13.2 Å². The zero-order chi connectivity index (χ0) is 13.2. The number of sulfonamides is 1. The van der Waals surface area contributed by atoms with Gasteiger partial charge < -0.3 is 10.5 Å². The molecule has 1 aromatic heterocycles. The fourth-order valence-corrected chi connectivity index (χ4v) is 4.77. The molecule has 1 unspecified atom stereocenters. The summed E-state index contributed by atoms with van der Waals surface area (Å²) in [6, 6.07) is 1.64. The van der Waals surface area contributed by atoms with Crippen LogP contribution in [0.3, 0.4) is 0 Å². The van der Waals surface area contributed by atoms with Crippen LogP contribution < -0.4 is 5.73 Å². The third kappa shape index (κ3) is 2.60. The van der Waals surface area contributed by atoms with Crippen LogP contribution in [-0.2, 0) is 21.3 Å². The van der Waals surface area contributed by atoms with Gasteiger partial charge in [-0.05, 0) is 17.9 Å². The van der Waals surface area contributed by atoms with Crippen molar-refractivity contribution in [2.45, 2.75) is 30.9 Å². The van der Waals surface area contributed by atoms with Gasteiger partial charge in [0.2, 0.25) is 10.0 Å². The zero-order valence-electron chi connectivity index (χ0n) is 10.3. The lowest BCUT2D eigenvalue weighted by molar-refractivity contribution is -0.00278. The Hall–Kier alpha value is -0.470. The van der Waals surface area contributed by atoms with Gasteiger partial charge in [0.1, 0.15) is 0 Å². The Kier molecular flexibility index (Phi) is 4.39. The Morgan fingerprint density at radius 1 is 1.61 bits per heavy atom. The minimum absolute atomic E-state index is 0.00603. The highest BCUT2D eigenvalue weighted by Crippen LogP contribution is 2.26. The van der Waals surface area contributed by atoms with E-state index in [4.69, 9.17) is 10.5 Å². The maximum Gasteiger partial charge on any atom is 0.244 e. The molecule has 0 aliphatic carbocycles. The van der Waals surface area contributed by atoms with Crippen LogP contribution in [0, 0.1) is 0 Å². The van der Waals surface area contributed by atoms with E-state index in [1.165, 1.54) is 15.6 Å². The summed E-state index contributed by atoms with van der Waals surface area (Å²) < 4.78 is 32.0. The first-order valence-corrected chi connectivity index (χ1v) is 8.29. The van der Waals surface area contributed by atoms with Crippen molar-refractivity contribution in [1.29, 1.82) is 0 Å². The molecule has 102 valence electrons. The molecule has 0 bridgehead atoms. The molecule has 0 amide bonds. The van der Waals surface area contributed by atoms with E-state index in [9.17, 15) is 8.42 Å². The van der Waals surface area contributed by atoms with Crippen LogP contribution in [-0.4, -0.2) is 38.5 Å². The van der Waals surface area contributed by atoms with E-state index in [-0.39, 0.29) is 12.6 Å². The number of rotatable bonds is 4. The minimum atomic E-state index is -3.42. The summed E-state index contributed by atoms with van der Waals surface area (Å²) in [5.41, 5.74) is 5.58. The van der Waals surface area contributed by atoms with Crippen LogP contribution in [0.15, 0.2) is 16.3 Å². The standard InChI is InChI=1S/C11H18N2O3S2/c1-2-9-8-13(4-5-16-9)18(14,15)11-3-6-17-10(11)7-12/h3,6,9H,2,4-5,7-8,12H2,1H3. The van der Waals surface area contributed by atoms with Crippen molar-refractivity contribution in [2.24, 2.45) is 5.73 Å². The van der Waals surface area contributed by atoms with Crippen LogP contribution >= 0.6 is 11.3 Å². The van der Waals surface area contributed by atoms with Crippen molar-refractivity contribution >= 4 is 21.4 Å². The molecule has 18 heavy (non-hydrogen) atoms. The van der Waals surface area contributed by atoms with Crippen molar-refractivity contribution in [3.05, 3.63) is 16.3 Å². The number of nitrogens with zero attached hydrogens (tertiary/aromatic N) is 1. The van der Waals surface area contributed by atoms with Gasteiger partial charge in [0, 0.05) is 24.5 Å². The molecule has 1 aliphatic heterocycles. The van der Waals surface area contributed by atoms with Crippen LogP contribution in [0.4, 0.5) is 0 Å². The quantitative estimate of drug-likeness (QED) is 0.898. The lowest BCUT2D eigenvalue weighted by atomic mass is 10.2. The molecule has 7 heteroatoms. The van der Waals surface area contributed by atoms with E-state index in [1.54, 1.807) is 11.4 Å². The van der Waals surface area contributed by atoms with Crippen LogP contribution in [0.1, 0.15) is 18.2 Å². The predicted molar refractivity (Wildman–Crippen MR) is 71.0 cm³/mol. The number of hydrogen-bond acceptors (Lipinski definition) is 5. The van der Waals surface area contributed by atoms with Crippen LogP contribution in [0.25, 0.3) is 0 Å². The molecule has 1 atom stereocenters. The van der Waals surface area contributed by atoms with Gasteiger partial charge in [-0.3, -0.25) is 0 Å². The molecule has 1 fully saturated rings. The Balaban J connectivity index is 2.25. The van der Waals surface area contributed by atoms with E-state index >= 15 is 0 Å². The van der Waals surface area contributed by atoms with E-state index in [0.717, 1.165) is 11.3 Å². The summed E-state index contributed by atoms with van der Waals surface area (Å²) in [4.78, 5) is 1.07. The van der Waals surface area contributed by atoms with Crippen molar-refractivity contribution in [3.63, 3.8) is 0 Å². The topological polar surface area (TPSA) is 72.6 Å². The Labute approximate surface area is 112 Å². The Morgan fingerprint density at radius 3 is 3.06 bits per heavy atom. The van der Waals surface area contributed by atoms with Gasteiger partial charge in [-0.1, -0.05) is 6.92 Å². The average Bonchev–Trinajstić information content (AvgIpc) is 2.88. The number of hydrogen-bond donors (Lipinski definition) is 1. The highest BCUT2D eigenvalue weighted by molar-refractivity contribution is 7.89. The van der Waals surface area contributed by atoms with Gasteiger partial charge in [0.25, 0.3) is 0 Å². The summed E-state index contributed by atoms with van der Waals surface area (Å²) in [5.74, 6) is 0. The largest absolute Gasteiger partial charge is 0.375 e. The summed E-state index contributed by atoms with van der Waals surface area (Å²) in [7, 11) is -3.42. The van der Waals surface area contributed by atoms with Crippen molar-refractivity contribution in [3.8, 4) is 0 Å². The molecule has 0 saturated carbocycles. The molecular weight excluding hydrogens is 272 g/mol. The molecule has 1 aromatic rings. The lowest BCUT2D eigenvalue weighted by Crippen LogP contribution is -2.45. The second kappa shape index (κ2) is 5.66. The van der Waals surface area contributed by atoms with Gasteiger partial charge in [0.15, 0.2) is 0 Å². The minimum Gasteiger partial charge on any atom is -0.375 e. The Bertz CT molecular complexity index is 498. The van der Waals surface area contributed by atoms with Crippen molar-refractivity contribution in [2.75, 3.05) is 19.7 Å².